The molecule has 2 aromatic rings. The molecule has 1 N–H and O–H groups in total. The molecule has 0 spiro atoms. The zero-order valence-electron chi connectivity index (χ0n) is 12.5. The molecule has 0 heterocycles. The molecule has 2 aromatic carbocycles. The zero-order chi connectivity index (χ0) is 17.5. The Kier molecular flexibility index (Phi) is 6.58. The van der Waals surface area contributed by atoms with Crippen LogP contribution in [0.15, 0.2) is 42.5 Å². The number of amides is 1. The van der Waals surface area contributed by atoms with Crippen LogP contribution in [0.4, 0.5) is 4.39 Å². The first-order valence-corrected chi connectivity index (χ1v) is 7.85. The molecular weight excluding hydrogens is 356 g/mol. The van der Waals surface area contributed by atoms with E-state index in [1.54, 1.807) is 12.1 Å². The summed E-state index contributed by atoms with van der Waals surface area (Å²) in [6.07, 6.45) is 0.583. The molecule has 0 saturated heterocycles. The van der Waals surface area contributed by atoms with Crippen molar-refractivity contribution >= 4 is 35.1 Å². The molecule has 4 nitrogen and oxygen atoms in total. The second-order valence-electron chi connectivity index (χ2n) is 4.90. The fourth-order valence-corrected chi connectivity index (χ4v) is 2.44. The Hall–Kier alpha value is -2.11. The van der Waals surface area contributed by atoms with Crippen LogP contribution in [0.5, 0.6) is 0 Å². The molecule has 126 valence electrons. The van der Waals surface area contributed by atoms with Crippen LogP contribution in [-0.2, 0) is 16.0 Å². The lowest BCUT2D eigenvalue weighted by atomic mass is 10.1. The molecule has 0 atom stereocenters. The third-order valence-corrected chi connectivity index (χ3v) is 3.68. The van der Waals surface area contributed by atoms with Gasteiger partial charge in [0.2, 0.25) is 0 Å². The van der Waals surface area contributed by atoms with Gasteiger partial charge < -0.3 is 10.1 Å². The van der Waals surface area contributed by atoms with E-state index in [4.69, 9.17) is 27.9 Å². The number of hydrogen-bond donors (Lipinski definition) is 1. The molecule has 0 aliphatic rings. The monoisotopic (exact) mass is 369 g/mol. The summed E-state index contributed by atoms with van der Waals surface area (Å²) in [6.45, 7) is -0.157. The second kappa shape index (κ2) is 8.66. The second-order valence-corrected chi connectivity index (χ2v) is 5.75. The van der Waals surface area contributed by atoms with Gasteiger partial charge in [-0.25, -0.2) is 9.18 Å². The molecule has 24 heavy (non-hydrogen) atoms. The molecule has 1 amide bonds. The molecular formula is C17H14Cl2FNO3. The fraction of sp³-hybridized carbons (Fsp3) is 0.176. The number of halogens is 3. The lowest BCUT2D eigenvalue weighted by Crippen LogP contribution is -2.30. The minimum atomic E-state index is -0.983. The highest BCUT2D eigenvalue weighted by Crippen LogP contribution is 2.19. The molecule has 2 rings (SSSR count). The number of rotatable bonds is 6. The van der Waals surface area contributed by atoms with Crippen LogP contribution in [0.2, 0.25) is 10.0 Å². The summed E-state index contributed by atoms with van der Waals surface area (Å²) in [5.74, 6) is -2.27. The van der Waals surface area contributed by atoms with Crippen LogP contribution in [0.25, 0.3) is 0 Å². The largest absolute Gasteiger partial charge is 0.452 e. The van der Waals surface area contributed by atoms with Crippen molar-refractivity contribution in [1.82, 2.24) is 5.32 Å². The van der Waals surface area contributed by atoms with Gasteiger partial charge in [0.15, 0.2) is 6.61 Å². The number of esters is 1. The van der Waals surface area contributed by atoms with Gasteiger partial charge >= 0.3 is 5.97 Å². The molecule has 7 heteroatoms. The highest BCUT2D eigenvalue weighted by atomic mass is 35.5. The minimum absolute atomic E-state index is 0.0682. The van der Waals surface area contributed by atoms with Gasteiger partial charge in [0.05, 0.1) is 5.02 Å². The SMILES string of the molecule is O=C(COC(=O)c1c(F)cccc1Cl)NCCc1cccc(Cl)c1. The van der Waals surface area contributed by atoms with E-state index in [0.29, 0.717) is 18.0 Å². The van der Waals surface area contributed by atoms with Gasteiger partial charge in [0.1, 0.15) is 11.4 Å². The predicted molar refractivity (Wildman–Crippen MR) is 89.9 cm³/mol. The number of carbonyl (C=O) groups excluding carboxylic acids is 2. The summed E-state index contributed by atoms with van der Waals surface area (Å²) >= 11 is 11.6. The molecule has 0 bridgehead atoms. The summed E-state index contributed by atoms with van der Waals surface area (Å²) in [4.78, 5) is 23.4. The highest BCUT2D eigenvalue weighted by Gasteiger charge is 2.18. The number of ether oxygens (including phenoxy) is 1. The standard InChI is InChI=1S/C17H14Cl2FNO3/c18-12-4-1-3-11(9-12)7-8-21-15(22)10-24-17(23)16-13(19)5-2-6-14(16)20/h1-6,9H,7-8,10H2,(H,21,22). The first-order valence-electron chi connectivity index (χ1n) is 7.09. The third-order valence-electron chi connectivity index (χ3n) is 3.13. The smallest absolute Gasteiger partial charge is 0.343 e. The van der Waals surface area contributed by atoms with Crippen molar-refractivity contribution < 1.29 is 18.7 Å². The Morgan fingerprint density at radius 1 is 1.12 bits per heavy atom. The van der Waals surface area contributed by atoms with Crippen molar-refractivity contribution in [3.63, 3.8) is 0 Å². The van der Waals surface area contributed by atoms with E-state index in [-0.39, 0.29) is 10.6 Å². The van der Waals surface area contributed by atoms with Crippen LogP contribution in [0.1, 0.15) is 15.9 Å². The molecule has 0 aromatic heterocycles. The van der Waals surface area contributed by atoms with E-state index in [0.717, 1.165) is 11.6 Å². The molecule has 0 aliphatic carbocycles. The van der Waals surface area contributed by atoms with E-state index in [2.05, 4.69) is 5.32 Å². The van der Waals surface area contributed by atoms with E-state index < -0.39 is 24.3 Å². The summed E-state index contributed by atoms with van der Waals surface area (Å²) in [7, 11) is 0. The van der Waals surface area contributed by atoms with E-state index in [1.807, 2.05) is 12.1 Å². The fourth-order valence-electron chi connectivity index (χ4n) is 1.99. The number of hydrogen-bond acceptors (Lipinski definition) is 3. The van der Waals surface area contributed by atoms with E-state index >= 15 is 0 Å². The Morgan fingerprint density at radius 2 is 1.88 bits per heavy atom. The Bertz CT molecular complexity index is 732. The van der Waals surface area contributed by atoms with Gasteiger partial charge in [-0.3, -0.25) is 4.79 Å². The van der Waals surface area contributed by atoms with Gasteiger partial charge in [-0.1, -0.05) is 41.4 Å². The average Bonchev–Trinajstić information content (AvgIpc) is 2.53. The summed E-state index contributed by atoms with van der Waals surface area (Å²) < 4.78 is 18.3. The zero-order valence-corrected chi connectivity index (χ0v) is 14.0. The van der Waals surface area contributed by atoms with Crippen molar-refractivity contribution in [1.29, 1.82) is 0 Å². The summed E-state index contributed by atoms with van der Waals surface area (Å²) in [5, 5.41) is 3.15. The first kappa shape index (κ1) is 18.2. The topological polar surface area (TPSA) is 55.4 Å². The Balaban J connectivity index is 1.78. The Morgan fingerprint density at radius 3 is 2.58 bits per heavy atom. The maximum absolute atomic E-state index is 13.6. The lowest BCUT2D eigenvalue weighted by Gasteiger charge is -2.08. The first-order chi connectivity index (χ1) is 11.5. The summed E-state index contributed by atoms with van der Waals surface area (Å²) in [5.41, 5.74) is 0.587. The molecule has 0 fully saturated rings. The van der Waals surface area contributed by atoms with E-state index in [1.165, 1.54) is 12.1 Å². The van der Waals surface area contributed by atoms with Crippen molar-refractivity contribution in [2.45, 2.75) is 6.42 Å². The summed E-state index contributed by atoms with van der Waals surface area (Å²) in [6, 6.07) is 11.1. The molecule has 0 unspecified atom stereocenters. The Labute approximate surface area is 148 Å². The number of nitrogens with one attached hydrogen (secondary N) is 1. The van der Waals surface area contributed by atoms with E-state index in [9.17, 15) is 14.0 Å². The molecule has 0 saturated carbocycles. The highest BCUT2D eigenvalue weighted by molar-refractivity contribution is 6.33. The quantitative estimate of drug-likeness (QED) is 0.790. The van der Waals surface area contributed by atoms with Crippen molar-refractivity contribution in [3.05, 3.63) is 69.5 Å². The van der Waals surface area contributed by atoms with Crippen molar-refractivity contribution in [2.24, 2.45) is 0 Å². The number of benzene rings is 2. The maximum atomic E-state index is 13.6. The predicted octanol–water partition coefficient (Wildman–Crippen LogP) is 3.65. The maximum Gasteiger partial charge on any atom is 0.343 e. The lowest BCUT2D eigenvalue weighted by molar-refractivity contribution is -0.124. The van der Waals surface area contributed by atoms with Crippen LogP contribution in [-0.4, -0.2) is 25.0 Å². The minimum Gasteiger partial charge on any atom is -0.452 e. The molecule has 0 aliphatic heterocycles. The van der Waals surface area contributed by atoms with Crippen molar-refractivity contribution in [2.75, 3.05) is 13.2 Å². The molecule has 0 radical (unpaired) electrons. The van der Waals surface area contributed by atoms with Gasteiger partial charge in [0, 0.05) is 11.6 Å². The van der Waals surface area contributed by atoms with Crippen LogP contribution in [0.3, 0.4) is 0 Å². The van der Waals surface area contributed by atoms with Gasteiger partial charge in [0.25, 0.3) is 5.91 Å². The van der Waals surface area contributed by atoms with Gasteiger partial charge in [-0.05, 0) is 36.2 Å². The average molecular weight is 370 g/mol. The van der Waals surface area contributed by atoms with Crippen LogP contribution < -0.4 is 5.32 Å². The van der Waals surface area contributed by atoms with Crippen LogP contribution in [0, 0.1) is 5.82 Å². The third kappa shape index (κ3) is 5.22. The van der Waals surface area contributed by atoms with Gasteiger partial charge in [-0.15, -0.1) is 0 Å². The van der Waals surface area contributed by atoms with Crippen LogP contribution >= 0.6 is 23.2 Å². The number of carbonyl (C=O) groups is 2. The van der Waals surface area contributed by atoms with Gasteiger partial charge in [-0.2, -0.15) is 0 Å². The van der Waals surface area contributed by atoms with Crippen molar-refractivity contribution in [3.8, 4) is 0 Å². The normalized spacial score (nSPS) is 10.3.